The van der Waals surface area contributed by atoms with E-state index in [1.165, 1.54) is 0 Å². The molecule has 8 aliphatic carbocycles. The first-order valence-corrected chi connectivity index (χ1v) is 13.0. The Bertz CT molecular complexity index is 418. The molecular weight excluding hydrogens is 307 g/mol. The lowest BCUT2D eigenvalue weighted by molar-refractivity contribution is 0.0180. The van der Waals surface area contributed by atoms with Gasteiger partial charge >= 0.3 is 0 Å². The van der Waals surface area contributed by atoms with Gasteiger partial charge in [-0.2, -0.15) is 0 Å². The fourth-order valence-electron chi connectivity index (χ4n) is 10.7. The summed E-state index contributed by atoms with van der Waals surface area (Å²) >= 11 is 0. The van der Waals surface area contributed by atoms with Crippen LogP contribution in [0.2, 0.25) is 0 Å². The van der Waals surface area contributed by atoms with E-state index in [4.69, 9.17) is 0 Å². The quantitative estimate of drug-likeness (QED) is 0.509. The largest absolute Gasteiger partial charge is 0.0793 e. The third-order valence-electron chi connectivity index (χ3n) is 9.80. The highest BCUT2D eigenvalue weighted by atomic mass is 31.1. The van der Waals surface area contributed by atoms with Crippen LogP contribution >= 0.6 is 7.92 Å². The highest BCUT2D eigenvalue weighted by Crippen LogP contribution is 2.80. The Labute approximate surface area is 150 Å². The molecule has 0 heterocycles. The van der Waals surface area contributed by atoms with Crippen LogP contribution in [0.5, 0.6) is 0 Å². The van der Waals surface area contributed by atoms with Gasteiger partial charge in [-0.1, -0.05) is 0 Å². The van der Waals surface area contributed by atoms with Crippen LogP contribution in [-0.4, -0.2) is 16.0 Å². The summed E-state index contributed by atoms with van der Waals surface area (Å²) in [5, 5.41) is 1.78. The molecule has 0 aromatic rings. The van der Waals surface area contributed by atoms with Crippen LogP contribution in [0.15, 0.2) is 0 Å². The predicted molar refractivity (Wildman–Crippen MR) is 105 cm³/mol. The van der Waals surface area contributed by atoms with Gasteiger partial charge in [0, 0.05) is 7.92 Å². The molecule has 24 heavy (non-hydrogen) atoms. The van der Waals surface area contributed by atoms with Crippen LogP contribution in [0.1, 0.15) is 90.9 Å². The van der Waals surface area contributed by atoms with Crippen LogP contribution in [0, 0.1) is 35.5 Å². The van der Waals surface area contributed by atoms with E-state index in [1.54, 1.807) is 77.0 Å². The van der Waals surface area contributed by atoms with E-state index in [0.717, 1.165) is 51.5 Å². The van der Waals surface area contributed by atoms with E-state index in [-0.39, 0.29) is 7.92 Å². The van der Waals surface area contributed by atoms with E-state index in [0.29, 0.717) is 0 Å². The van der Waals surface area contributed by atoms with Gasteiger partial charge in [0.1, 0.15) is 0 Å². The van der Waals surface area contributed by atoms with Crippen molar-refractivity contribution in [1.82, 2.24) is 0 Å². The van der Waals surface area contributed by atoms with E-state index in [2.05, 4.69) is 13.8 Å². The van der Waals surface area contributed by atoms with Gasteiger partial charge in [-0.25, -0.2) is 0 Å². The monoisotopic (exact) mass is 345 g/mol. The molecule has 0 N–H and O–H groups in total. The minimum atomic E-state index is -0.250. The molecule has 0 spiro atoms. The van der Waals surface area contributed by atoms with Crippen molar-refractivity contribution in [2.45, 2.75) is 107 Å². The Kier molecular flexibility index (Phi) is 3.24. The van der Waals surface area contributed by atoms with Crippen LogP contribution < -0.4 is 0 Å². The average Bonchev–Trinajstić information content (AvgIpc) is 2.42. The summed E-state index contributed by atoms with van der Waals surface area (Å²) in [6, 6.07) is 0. The van der Waals surface area contributed by atoms with Crippen LogP contribution in [0.3, 0.4) is 0 Å². The first kappa shape index (κ1) is 15.5. The standard InChI is InChI=1S/C23H37P/c1-15(2)24(22-9-16-3-17(10-22)5-18(4-16)11-22)23-12-19-6-20(13-23)8-21(7-19)14-23/h15-21H,3-14H2,1-2H3/p+1. The molecule has 0 saturated heterocycles. The second kappa shape index (κ2) is 5.03. The lowest BCUT2D eigenvalue weighted by Crippen LogP contribution is -2.57. The van der Waals surface area contributed by atoms with Crippen molar-refractivity contribution in [2.24, 2.45) is 35.5 Å². The van der Waals surface area contributed by atoms with Gasteiger partial charge in [0.15, 0.2) is 0 Å². The summed E-state index contributed by atoms with van der Waals surface area (Å²) in [4.78, 5) is 0. The molecule has 0 aliphatic heterocycles. The molecule has 1 heteroatoms. The van der Waals surface area contributed by atoms with Crippen LogP contribution in [-0.2, 0) is 0 Å². The van der Waals surface area contributed by atoms with Gasteiger partial charge in [-0.3, -0.25) is 0 Å². The van der Waals surface area contributed by atoms with E-state index < -0.39 is 0 Å². The minimum Gasteiger partial charge on any atom is -0.0472 e. The SMILES string of the molecule is CC(C)[PH+](C12CC3CC(CC(C3)C1)C2)C12CC3CC(CC(C3)C1)C2. The van der Waals surface area contributed by atoms with Crippen molar-refractivity contribution < 1.29 is 0 Å². The third-order valence-corrected chi connectivity index (χ3v) is 14.5. The summed E-state index contributed by atoms with van der Waals surface area (Å²) in [6.07, 6.45) is 19.9. The fraction of sp³-hybridized carbons (Fsp3) is 1.00. The normalized spacial score (nSPS) is 58.6. The topological polar surface area (TPSA) is 0 Å². The maximum absolute atomic E-state index is 2.67. The number of hydrogen-bond acceptors (Lipinski definition) is 0. The zero-order valence-corrected chi connectivity index (χ0v) is 17.0. The molecule has 8 bridgehead atoms. The zero-order chi connectivity index (χ0) is 16.1. The third kappa shape index (κ3) is 2.08. The Hall–Kier alpha value is 0.430. The lowest BCUT2D eigenvalue weighted by Gasteiger charge is -2.64. The van der Waals surface area contributed by atoms with Crippen LogP contribution in [0.4, 0.5) is 0 Å². The Balaban J connectivity index is 1.41. The molecule has 8 saturated carbocycles. The minimum absolute atomic E-state index is 0.250. The van der Waals surface area contributed by atoms with E-state index in [1.807, 2.05) is 0 Å². The summed E-state index contributed by atoms with van der Waals surface area (Å²) in [5.74, 6) is 6.94. The maximum atomic E-state index is 2.67. The van der Waals surface area contributed by atoms with Crippen molar-refractivity contribution in [2.75, 3.05) is 0 Å². The molecule has 8 fully saturated rings. The van der Waals surface area contributed by atoms with Gasteiger partial charge in [0.2, 0.25) is 0 Å². The van der Waals surface area contributed by atoms with Crippen molar-refractivity contribution in [3.05, 3.63) is 0 Å². The smallest absolute Gasteiger partial charge is 0.0472 e. The average molecular weight is 346 g/mol. The zero-order valence-electron chi connectivity index (χ0n) is 16.0. The highest BCUT2D eigenvalue weighted by Gasteiger charge is 2.67. The second-order valence-corrected chi connectivity index (χ2v) is 16.1. The lowest BCUT2D eigenvalue weighted by atomic mass is 9.55. The molecule has 0 radical (unpaired) electrons. The summed E-state index contributed by atoms with van der Waals surface area (Å²) in [6.45, 7) is 5.34. The molecule has 8 aliphatic rings. The van der Waals surface area contributed by atoms with E-state index in [9.17, 15) is 0 Å². The van der Waals surface area contributed by atoms with Gasteiger partial charge in [-0.05, 0) is 126 Å². The summed E-state index contributed by atoms with van der Waals surface area (Å²) in [5.41, 5.74) is 1.03. The molecule has 0 aromatic heterocycles. The van der Waals surface area contributed by atoms with E-state index >= 15 is 0 Å². The van der Waals surface area contributed by atoms with Gasteiger partial charge in [-0.15, -0.1) is 0 Å². The second-order valence-electron chi connectivity index (χ2n) is 12.0. The molecular formula is C23H38P+. The molecule has 8 rings (SSSR count). The van der Waals surface area contributed by atoms with Crippen LogP contribution in [0.25, 0.3) is 0 Å². The molecule has 0 aromatic carbocycles. The van der Waals surface area contributed by atoms with Crippen molar-refractivity contribution >= 4 is 7.92 Å². The molecule has 0 atom stereocenters. The van der Waals surface area contributed by atoms with Crippen molar-refractivity contribution in [1.29, 1.82) is 0 Å². The van der Waals surface area contributed by atoms with Gasteiger partial charge < -0.3 is 0 Å². The molecule has 0 amide bonds. The molecule has 134 valence electrons. The van der Waals surface area contributed by atoms with Gasteiger partial charge in [0.25, 0.3) is 0 Å². The number of rotatable bonds is 3. The Morgan fingerprint density at radius 3 is 1.00 bits per heavy atom. The Morgan fingerprint density at radius 2 is 0.792 bits per heavy atom. The predicted octanol–water partition coefficient (Wildman–Crippen LogP) is 6.55. The first-order valence-electron chi connectivity index (χ1n) is 11.4. The fourth-order valence-corrected chi connectivity index (χ4v) is 17.3. The van der Waals surface area contributed by atoms with Crippen molar-refractivity contribution in [3.8, 4) is 0 Å². The van der Waals surface area contributed by atoms with Gasteiger partial charge in [0.05, 0.1) is 16.0 Å². The molecule has 0 unspecified atom stereocenters. The Morgan fingerprint density at radius 1 is 0.542 bits per heavy atom. The summed E-state index contributed by atoms with van der Waals surface area (Å²) in [7, 11) is -0.250. The molecule has 0 nitrogen and oxygen atoms in total. The van der Waals surface area contributed by atoms with Crippen molar-refractivity contribution in [3.63, 3.8) is 0 Å². The first-order chi connectivity index (χ1) is 11.5. The maximum Gasteiger partial charge on any atom is 0.0793 e. The summed E-state index contributed by atoms with van der Waals surface area (Å²) < 4.78 is 0. The number of hydrogen-bond donors (Lipinski definition) is 0. The highest BCUT2D eigenvalue weighted by molar-refractivity contribution is 7.61.